The molecule has 1 N–H and O–H groups in total. The maximum Gasteiger partial charge on any atom is 0.270 e. The molecule has 0 unspecified atom stereocenters. The highest BCUT2D eigenvalue weighted by Crippen LogP contribution is 2.29. The molecule has 0 saturated carbocycles. The quantitative estimate of drug-likeness (QED) is 0.559. The van der Waals surface area contributed by atoms with Gasteiger partial charge >= 0.3 is 0 Å². The molecule has 0 fully saturated rings. The van der Waals surface area contributed by atoms with Gasteiger partial charge in [-0.3, -0.25) is 14.9 Å². The molecular formula is C17H15N3O3S. The minimum atomic E-state index is -0.445. The van der Waals surface area contributed by atoms with Crippen molar-refractivity contribution in [1.82, 2.24) is 4.98 Å². The van der Waals surface area contributed by atoms with E-state index in [0.717, 1.165) is 5.56 Å². The van der Waals surface area contributed by atoms with E-state index >= 15 is 0 Å². The lowest BCUT2D eigenvalue weighted by Crippen LogP contribution is -2.12. The number of amides is 1. The Morgan fingerprint density at radius 1 is 1.25 bits per heavy atom. The topological polar surface area (TPSA) is 85.1 Å². The zero-order valence-electron chi connectivity index (χ0n) is 13.0. The summed E-state index contributed by atoms with van der Waals surface area (Å²) in [6.45, 7) is 2.02. The highest BCUT2D eigenvalue weighted by molar-refractivity contribution is 7.22. The van der Waals surface area contributed by atoms with E-state index in [9.17, 15) is 14.9 Å². The molecule has 3 aromatic rings. The third-order valence-electron chi connectivity index (χ3n) is 3.59. The zero-order chi connectivity index (χ0) is 17.1. The average Bonchev–Trinajstić information content (AvgIpc) is 2.95. The van der Waals surface area contributed by atoms with E-state index in [4.69, 9.17) is 0 Å². The standard InChI is InChI=1S/C17H15N3O3S/c1-11-2-4-12(5-3-11)6-9-16(21)19-17-18-14-8-7-13(20(22)23)10-15(14)24-17/h2-5,7-8,10H,6,9H2,1H3,(H,18,19,21). The molecule has 0 aliphatic rings. The Bertz CT molecular complexity index is 903. The first kappa shape index (κ1) is 16.1. The molecular weight excluding hydrogens is 326 g/mol. The van der Waals surface area contributed by atoms with E-state index in [0.29, 0.717) is 28.2 Å². The van der Waals surface area contributed by atoms with Crippen LogP contribution in [0, 0.1) is 17.0 Å². The number of non-ortho nitro benzene ring substituents is 1. The molecule has 0 saturated heterocycles. The van der Waals surface area contributed by atoms with Crippen LogP contribution in [0.2, 0.25) is 0 Å². The Balaban J connectivity index is 1.64. The molecule has 24 heavy (non-hydrogen) atoms. The van der Waals surface area contributed by atoms with Crippen LogP contribution in [-0.4, -0.2) is 15.8 Å². The van der Waals surface area contributed by atoms with E-state index < -0.39 is 4.92 Å². The van der Waals surface area contributed by atoms with Gasteiger partial charge in [0.25, 0.3) is 5.69 Å². The van der Waals surface area contributed by atoms with Crippen LogP contribution in [0.25, 0.3) is 10.2 Å². The highest BCUT2D eigenvalue weighted by atomic mass is 32.1. The third-order valence-corrected chi connectivity index (χ3v) is 4.52. The SMILES string of the molecule is Cc1ccc(CCC(=O)Nc2nc3ccc([N+](=O)[O-])cc3s2)cc1. The highest BCUT2D eigenvalue weighted by Gasteiger charge is 2.12. The number of hydrogen-bond acceptors (Lipinski definition) is 5. The second-order valence-corrected chi connectivity index (χ2v) is 6.49. The summed E-state index contributed by atoms with van der Waals surface area (Å²) in [7, 11) is 0. The summed E-state index contributed by atoms with van der Waals surface area (Å²) in [5.74, 6) is -0.121. The Morgan fingerprint density at radius 2 is 2.00 bits per heavy atom. The number of nitrogens with zero attached hydrogens (tertiary/aromatic N) is 2. The molecule has 0 bridgehead atoms. The van der Waals surface area contributed by atoms with Crippen molar-refractivity contribution in [2.45, 2.75) is 19.8 Å². The van der Waals surface area contributed by atoms with Gasteiger partial charge in [-0.15, -0.1) is 0 Å². The molecule has 0 aliphatic carbocycles. The molecule has 0 atom stereocenters. The van der Waals surface area contributed by atoms with Crippen LogP contribution in [0.5, 0.6) is 0 Å². The lowest BCUT2D eigenvalue weighted by molar-refractivity contribution is -0.384. The number of fused-ring (bicyclic) bond motifs is 1. The fraction of sp³-hybridized carbons (Fsp3) is 0.176. The normalized spacial score (nSPS) is 10.7. The summed E-state index contributed by atoms with van der Waals surface area (Å²) in [5, 5.41) is 14.0. The molecule has 0 spiro atoms. The Hall–Kier alpha value is -2.80. The van der Waals surface area contributed by atoms with Gasteiger partial charge in [0.1, 0.15) is 0 Å². The smallest absolute Gasteiger partial charge is 0.270 e. The van der Waals surface area contributed by atoms with Gasteiger partial charge in [-0.2, -0.15) is 0 Å². The number of anilines is 1. The molecule has 1 aromatic heterocycles. The number of thiazole rings is 1. The molecule has 6 nitrogen and oxygen atoms in total. The van der Waals surface area contributed by atoms with Gasteiger partial charge in [-0.05, 0) is 25.0 Å². The maximum atomic E-state index is 12.1. The van der Waals surface area contributed by atoms with E-state index in [-0.39, 0.29) is 11.6 Å². The number of benzene rings is 2. The largest absolute Gasteiger partial charge is 0.302 e. The van der Waals surface area contributed by atoms with E-state index in [2.05, 4.69) is 10.3 Å². The first-order valence-corrected chi connectivity index (χ1v) is 8.23. The number of nitrogens with one attached hydrogen (secondary N) is 1. The van der Waals surface area contributed by atoms with Gasteiger partial charge in [-0.25, -0.2) is 4.98 Å². The van der Waals surface area contributed by atoms with Crippen molar-refractivity contribution in [1.29, 1.82) is 0 Å². The molecule has 3 rings (SSSR count). The van der Waals surface area contributed by atoms with Crippen molar-refractivity contribution in [2.24, 2.45) is 0 Å². The summed E-state index contributed by atoms with van der Waals surface area (Å²) in [6.07, 6.45) is 1.02. The van der Waals surface area contributed by atoms with Gasteiger partial charge in [-0.1, -0.05) is 41.2 Å². The minimum Gasteiger partial charge on any atom is -0.302 e. The Kier molecular flexibility index (Phi) is 4.52. The molecule has 122 valence electrons. The number of aryl methyl sites for hydroxylation is 2. The van der Waals surface area contributed by atoms with Crippen molar-refractivity contribution < 1.29 is 9.72 Å². The molecule has 0 aliphatic heterocycles. The fourth-order valence-corrected chi connectivity index (χ4v) is 3.19. The lowest BCUT2D eigenvalue weighted by atomic mass is 10.1. The number of rotatable bonds is 5. The molecule has 1 amide bonds. The Morgan fingerprint density at radius 3 is 2.71 bits per heavy atom. The van der Waals surface area contributed by atoms with Crippen LogP contribution < -0.4 is 5.32 Å². The first-order chi connectivity index (χ1) is 11.5. The monoisotopic (exact) mass is 341 g/mol. The number of aromatic nitrogens is 1. The summed E-state index contributed by atoms with van der Waals surface area (Å²) >= 11 is 1.23. The lowest BCUT2D eigenvalue weighted by Gasteiger charge is -2.02. The number of nitro benzene ring substituents is 1. The number of carbonyl (C=O) groups is 1. The van der Waals surface area contributed by atoms with Crippen LogP contribution in [0.4, 0.5) is 10.8 Å². The van der Waals surface area contributed by atoms with Crippen molar-refractivity contribution in [3.8, 4) is 0 Å². The first-order valence-electron chi connectivity index (χ1n) is 7.41. The number of nitro groups is 1. The minimum absolute atomic E-state index is 0.0170. The predicted octanol–water partition coefficient (Wildman–Crippen LogP) is 4.08. The molecule has 0 radical (unpaired) electrons. The molecule has 1 heterocycles. The van der Waals surface area contributed by atoms with Crippen LogP contribution in [0.1, 0.15) is 17.5 Å². The van der Waals surface area contributed by atoms with Crippen LogP contribution in [0.15, 0.2) is 42.5 Å². The van der Waals surface area contributed by atoms with Crippen LogP contribution >= 0.6 is 11.3 Å². The second-order valence-electron chi connectivity index (χ2n) is 5.46. The van der Waals surface area contributed by atoms with Gasteiger partial charge in [0.15, 0.2) is 5.13 Å². The molecule has 7 heteroatoms. The second kappa shape index (κ2) is 6.76. The number of hydrogen-bond donors (Lipinski definition) is 1. The van der Waals surface area contributed by atoms with Crippen molar-refractivity contribution in [2.75, 3.05) is 5.32 Å². The average molecular weight is 341 g/mol. The van der Waals surface area contributed by atoms with Crippen LogP contribution in [-0.2, 0) is 11.2 Å². The fourth-order valence-electron chi connectivity index (χ4n) is 2.27. The van der Waals surface area contributed by atoms with Crippen molar-refractivity contribution in [3.63, 3.8) is 0 Å². The van der Waals surface area contributed by atoms with Crippen molar-refractivity contribution >= 4 is 38.3 Å². The van der Waals surface area contributed by atoms with Gasteiger partial charge < -0.3 is 5.32 Å². The summed E-state index contributed by atoms with van der Waals surface area (Å²) < 4.78 is 0.679. The maximum absolute atomic E-state index is 12.1. The predicted molar refractivity (Wildman–Crippen MR) is 94.4 cm³/mol. The van der Waals surface area contributed by atoms with Gasteiger partial charge in [0.05, 0.1) is 15.1 Å². The Labute approximate surface area is 142 Å². The molecule has 2 aromatic carbocycles. The van der Waals surface area contributed by atoms with E-state index in [1.807, 2.05) is 31.2 Å². The third kappa shape index (κ3) is 3.75. The number of carbonyl (C=O) groups excluding carboxylic acids is 1. The summed E-state index contributed by atoms with van der Waals surface area (Å²) in [5.41, 5.74) is 2.95. The zero-order valence-corrected chi connectivity index (χ0v) is 13.8. The van der Waals surface area contributed by atoms with Crippen LogP contribution in [0.3, 0.4) is 0 Å². The summed E-state index contributed by atoms with van der Waals surface area (Å²) in [6, 6.07) is 12.5. The van der Waals surface area contributed by atoms with Gasteiger partial charge in [0, 0.05) is 18.6 Å². The van der Waals surface area contributed by atoms with Crippen molar-refractivity contribution in [3.05, 3.63) is 63.7 Å². The van der Waals surface area contributed by atoms with Gasteiger partial charge in [0.2, 0.25) is 5.91 Å². The summed E-state index contributed by atoms with van der Waals surface area (Å²) in [4.78, 5) is 26.7. The van der Waals surface area contributed by atoms with E-state index in [1.54, 1.807) is 6.07 Å². The van der Waals surface area contributed by atoms with E-state index in [1.165, 1.54) is 29.0 Å².